The Morgan fingerprint density at radius 2 is 0.884 bits per heavy atom. The molecule has 0 atom stereocenters. The van der Waals surface area contributed by atoms with E-state index in [4.69, 9.17) is 9.98 Å². The first-order chi connectivity index (χ1) is 33.2. The number of anilines is 6. The number of para-hydroxylation sites is 4. The Bertz CT molecular complexity index is 3350. The molecule has 7 heteroatoms. The van der Waals surface area contributed by atoms with E-state index < -0.39 is 0 Å². The molecule has 1 aromatic heterocycles. The zero-order valence-electron chi connectivity index (χ0n) is 38.8. The van der Waals surface area contributed by atoms with E-state index in [2.05, 4.69) is 165 Å². The van der Waals surface area contributed by atoms with Crippen molar-refractivity contribution in [1.29, 1.82) is 0 Å². The van der Waals surface area contributed by atoms with Gasteiger partial charge in [0, 0.05) is 66.1 Å². The van der Waals surface area contributed by atoms with Crippen LogP contribution in [0.4, 0.5) is 39.8 Å². The maximum atomic E-state index is 11.6. The van der Waals surface area contributed by atoms with Crippen LogP contribution in [0.2, 0.25) is 0 Å². The van der Waals surface area contributed by atoms with Gasteiger partial charge in [0.2, 0.25) is 0 Å². The van der Waals surface area contributed by atoms with E-state index in [0.717, 1.165) is 84.0 Å². The van der Waals surface area contributed by atoms with Crippen LogP contribution in [0.25, 0.3) is 44.3 Å². The second-order valence-electron chi connectivity index (χ2n) is 17.2. The maximum absolute atomic E-state index is 11.6. The smallest absolute Gasteiger partial charge is 0.125 e. The third-order valence-corrected chi connectivity index (χ3v) is 12.5. The molecule has 0 fully saturated rings. The standard InChI is InChI=1S/C62H50N4O2.Pt/c1-41-35-51(65(47-20-9-5-10-21-47)48-22-11-6-12-23-48)36-42(2)60(41)45-31-32-55(59(68)39-45)56-29-17-19-46(64-56)40-63-57-30-18-28-53-54(33-34-58(67)62(53)57)61-43(3)37-52(38-44(61)4)66(49-24-13-7-14-25-49)50-26-15-8-16-27-50;/h5-40,67-68H,1-4H3;. The summed E-state index contributed by atoms with van der Waals surface area (Å²) in [6, 6.07) is 71.7. The number of hydrogen-bond acceptors (Lipinski definition) is 6. The van der Waals surface area contributed by atoms with Crippen LogP contribution in [0.1, 0.15) is 27.9 Å². The summed E-state index contributed by atoms with van der Waals surface area (Å²) in [5.74, 6) is 0.291. The fourth-order valence-electron chi connectivity index (χ4n) is 9.63. The minimum atomic E-state index is 0. The number of aryl methyl sites for hydroxylation is 4. The van der Waals surface area contributed by atoms with Crippen LogP contribution in [-0.4, -0.2) is 21.4 Å². The Balaban J connectivity index is 0.00000593. The average molecular weight is 1080 g/mol. The van der Waals surface area contributed by atoms with Crippen LogP contribution in [0.15, 0.2) is 217 Å². The summed E-state index contributed by atoms with van der Waals surface area (Å²) in [6.07, 6.45) is 1.71. The summed E-state index contributed by atoms with van der Waals surface area (Å²) in [5.41, 5.74) is 17.5. The predicted octanol–water partition coefficient (Wildman–Crippen LogP) is 16.6. The molecule has 0 unspecified atom stereocenters. The molecule has 1 heterocycles. The number of hydrogen-bond donors (Lipinski definition) is 2. The van der Waals surface area contributed by atoms with Gasteiger partial charge >= 0.3 is 0 Å². The monoisotopic (exact) mass is 1080 g/mol. The van der Waals surface area contributed by atoms with Crippen LogP contribution in [0, 0.1) is 27.7 Å². The number of pyridine rings is 1. The van der Waals surface area contributed by atoms with Crippen molar-refractivity contribution in [3.8, 4) is 45.0 Å². The summed E-state index contributed by atoms with van der Waals surface area (Å²) in [6.45, 7) is 8.54. The van der Waals surface area contributed by atoms with Gasteiger partial charge in [0.05, 0.1) is 23.3 Å². The third-order valence-electron chi connectivity index (χ3n) is 12.5. The van der Waals surface area contributed by atoms with Crippen molar-refractivity contribution in [1.82, 2.24) is 4.98 Å². The van der Waals surface area contributed by atoms with Crippen molar-refractivity contribution in [2.45, 2.75) is 27.7 Å². The van der Waals surface area contributed by atoms with Gasteiger partial charge in [-0.25, -0.2) is 4.98 Å². The summed E-state index contributed by atoms with van der Waals surface area (Å²) >= 11 is 0. The SMILES string of the molecule is Cc1cc(N(c2ccccc2)c2ccccc2)cc(C)c1-c1ccc(-c2cccc(C=Nc3cccc4c(-c5c(C)cc(N(c6ccccc6)c6ccccc6)cc5C)ccc(O)c34)n2)c(O)c1.[Pt]. The number of aromatic hydroxyl groups is 2. The van der Waals surface area contributed by atoms with E-state index in [1.807, 2.05) is 78.9 Å². The van der Waals surface area contributed by atoms with Crippen LogP contribution in [0.5, 0.6) is 11.5 Å². The fraction of sp³-hybridized carbons (Fsp3) is 0.0645. The Morgan fingerprint density at radius 1 is 0.420 bits per heavy atom. The molecule has 0 aliphatic heterocycles. The van der Waals surface area contributed by atoms with Gasteiger partial charge in [0.25, 0.3) is 0 Å². The first kappa shape index (κ1) is 46.1. The molecule has 0 saturated heterocycles. The van der Waals surface area contributed by atoms with Gasteiger partial charge in [-0.1, -0.05) is 103 Å². The number of phenols is 2. The molecule has 9 aromatic carbocycles. The van der Waals surface area contributed by atoms with E-state index in [9.17, 15) is 10.2 Å². The van der Waals surface area contributed by atoms with Crippen molar-refractivity contribution < 1.29 is 31.3 Å². The summed E-state index contributed by atoms with van der Waals surface area (Å²) in [5, 5.41) is 24.5. The van der Waals surface area contributed by atoms with Crippen molar-refractivity contribution in [2.24, 2.45) is 4.99 Å². The number of aromatic nitrogens is 1. The molecule has 0 radical (unpaired) electrons. The first-order valence-corrected chi connectivity index (χ1v) is 22.8. The number of benzene rings is 9. The van der Waals surface area contributed by atoms with Gasteiger partial charge in [-0.05, 0) is 187 Å². The van der Waals surface area contributed by atoms with Crippen LogP contribution in [-0.2, 0) is 21.1 Å². The zero-order chi connectivity index (χ0) is 46.7. The Hall–Kier alpha value is -8.05. The van der Waals surface area contributed by atoms with Crippen molar-refractivity contribution in [3.05, 3.63) is 240 Å². The molecule has 0 saturated carbocycles. The molecule has 2 N–H and O–H groups in total. The van der Waals surface area contributed by atoms with Crippen molar-refractivity contribution in [2.75, 3.05) is 9.80 Å². The van der Waals surface area contributed by atoms with Gasteiger partial charge in [0.1, 0.15) is 11.5 Å². The Kier molecular flexibility index (Phi) is 13.4. The van der Waals surface area contributed by atoms with Crippen molar-refractivity contribution >= 4 is 56.8 Å². The molecule has 340 valence electrons. The number of nitrogens with zero attached hydrogens (tertiary/aromatic N) is 4. The van der Waals surface area contributed by atoms with Crippen LogP contribution < -0.4 is 9.80 Å². The van der Waals surface area contributed by atoms with Gasteiger partial charge in [-0.15, -0.1) is 0 Å². The minimum absolute atomic E-state index is 0. The van der Waals surface area contributed by atoms with Gasteiger partial charge < -0.3 is 20.0 Å². The average Bonchev–Trinajstić information content (AvgIpc) is 3.35. The Labute approximate surface area is 418 Å². The van der Waals surface area contributed by atoms with Crippen LogP contribution >= 0.6 is 0 Å². The molecule has 10 aromatic rings. The van der Waals surface area contributed by atoms with Gasteiger partial charge in [-0.3, -0.25) is 4.99 Å². The molecule has 69 heavy (non-hydrogen) atoms. The van der Waals surface area contributed by atoms with Gasteiger partial charge in [0.15, 0.2) is 0 Å². The molecule has 0 aliphatic rings. The second kappa shape index (κ2) is 20.0. The number of aliphatic imine (C=N–C) groups is 1. The number of phenolic OH excluding ortho intramolecular Hbond substituents is 2. The zero-order valence-corrected chi connectivity index (χ0v) is 41.1. The van der Waals surface area contributed by atoms with E-state index >= 15 is 0 Å². The fourth-order valence-corrected chi connectivity index (χ4v) is 9.63. The third kappa shape index (κ3) is 9.32. The summed E-state index contributed by atoms with van der Waals surface area (Å²) in [7, 11) is 0. The van der Waals surface area contributed by atoms with E-state index in [-0.39, 0.29) is 32.6 Å². The Morgan fingerprint density at radius 3 is 1.38 bits per heavy atom. The van der Waals surface area contributed by atoms with Crippen molar-refractivity contribution in [3.63, 3.8) is 0 Å². The second-order valence-corrected chi connectivity index (χ2v) is 17.2. The van der Waals surface area contributed by atoms with Gasteiger partial charge in [-0.2, -0.15) is 0 Å². The largest absolute Gasteiger partial charge is 0.507 e. The number of fused-ring (bicyclic) bond motifs is 1. The molecule has 0 bridgehead atoms. The van der Waals surface area contributed by atoms with Crippen LogP contribution in [0.3, 0.4) is 0 Å². The quantitative estimate of drug-likeness (QED) is 0.126. The summed E-state index contributed by atoms with van der Waals surface area (Å²) < 4.78 is 0. The minimum Gasteiger partial charge on any atom is -0.507 e. The number of rotatable bonds is 11. The normalized spacial score (nSPS) is 11.1. The molecular formula is C62H50N4O2Pt. The molecular weight excluding hydrogens is 1030 g/mol. The first-order valence-electron chi connectivity index (χ1n) is 22.8. The maximum Gasteiger partial charge on any atom is 0.125 e. The molecule has 0 amide bonds. The predicted molar refractivity (Wildman–Crippen MR) is 283 cm³/mol. The molecule has 10 rings (SSSR count). The van der Waals surface area contributed by atoms with E-state index in [1.165, 1.54) is 0 Å². The topological polar surface area (TPSA) is 72.2 Å². The van der Waals surface area contributed by atoms with E-state index in [1.54, 1.807) is 12.3 Å². The molecule has 0 spiro atoms. The van der Waals surface area contributed by atoms with E-state index in [0.29, 0.717) is 28.0 Å². The molecule has 0 aliphatic carbocycles. The summed E-state index contributed by atoms with van der Waals surface area (Å²) in [4.78, 5) is 14.4. The molecule has 6 nitrogen and oxygen atoms in total.